The fourth-order valence-corrected chi connectivity index (χ4v) is 0.770. The molecule has 0 aromatic rings. The largest absolute Gasteiger partial charge is 0.383 e. The van der Waals surface area contributed by atoms with Crippen LogP contribution in [0.5, 0.6) is 0 Å². The van der Waals surface area contributed by atoms with Gasteiger partial charge in [0.2, 0.25) is 0 Å². The van der Waals surface area contributed by atoms with Crippen LogP contribution in [-0.2, 0) is 4.74 Å². The molecule has 0 heterocycles. The van der Waals surface area contributed by atoms with E-state index in [0.717, 1.165) is 6.21 Å². The first-order chi connectivity index (χ1) is 5.74. The number of allylic oxidation sites excluding steroid dienone is 1. The minimum absolute atomic E-state index is 0.173. The molecule has 0 aromatic heterocycles. The van der Waals surface area contributed by atoms with Crippen molar-refractivity contribution in [3.63, 3.8) is 0 Å². The average Bonchev–Trinajstić information content (AvgIpc) is 2.04. The van der Waals surface area contributed by atoms with Crippen LogP contribution in [0.2, 0.25) is 0 Å². The molecule has 0 radical (unpaired) electrons. The van der Waals surface area contributed by atoms with Gasteiger partial charge in [-0.1, -0.05) is 0 Å². The molecule has 68 valence electrons. The molecule has 0 aliphatic heterocycles. The number of nitrogens with zero attached hydrogens (tertiary/aromatic N) is 1. The lowest BCUT2D eigenvalue weighted by Gasteiger charge is -2.13. The molecule has 12 heavy (non-hydrogen) atoms. The Balaban J connectivity index is 3.93. The third kappa shape index (κ3) is 4.62. The van der Waals surface area contributed by atoms with Crippen LogP contribution in [0.4, 0.5) is 0 Å². The molecular weight excluding hydrogens is 154 g/mol. The van der Waals surface area contributed by atoms with Gasteiger partial charge in [-0.2, -0.15) is 0 Å². The lowest BCUT2D eigenvalue weighted by atomic mass is 10.3. The van der Waals surface area contributed by atoms with E-state index in [1.54, 1.807) is 13.2 Å². The van der Waals surface area contributed by atoms with E-state index in [1.165, 1.54) is 0 Å². The fourth-order valence-electron chi connectivity index (χ4n) is 0.770. The number of methoxy groups -OCH3 is 1. The SMILES string of the molecule is C=N/C(=C\C=N)N[C@H](C)COC. The van der Waals surface area contributed by atoms with Crippen LogP contribution in [0.3, 0.4) is 0 Å². The second-order valence-electron chi connectivity index (χ2n) is 2.38. The van der Waals surface area contributed by atoms with E-state index < -0.39 is 0 Å². The number of aliphatic imine (C=N–C) groups is 1. The van der Waals surface area contributed by atoms with Crippen molar-refractivity contribution in [3.05, 3.63) is 11.9 Å². The Morgan fingerprint density at radius 3 is 2.92 bits per heavy atom. The lowest BCUT2D eigenvalue weighted by Crippen LogP contribution is -2.28. The van der Waals surface area contributed by atoms with E-state index in [9.17, 15) is 0 Å². The van der Waals surface area contributed by atoms with Gasteiger partial charge in [-0.15, -0.1) is 0 Å². The van der Waals surface area contributed by atoms with Crippen LogP contribution in [0.1, 0.15) is 6.92 Å². The van der Waals surface area contributed by atoms with Crippen LogP contribution in [0, 0.1) is 5.41 Å². The molecule has 0 aliphatic carbocycles. The van der Waals surface area contributed by atoms with Crippen LogP contribution in [0.15, 0.2) is 16.9 Å². The zero-order chi connectivity index (χ0) is 9.40. The number of hydrogen-bond acceptors (Lipinski definition) is 4. The summed E-state index contributed by atoms with van der Waals surface area (Å²) in [5.74, 6) is 0.592. The summed E-state index contributed by atoms with van der Waals surface area (Å²) < 4.78 is 4.92. The monoisotopic (exact) mass is 169 g/mol. The van der Waals surface area contributed by atoms with Crippen LogP contribution >= 0.6 is 0 Å². The summed E-state index contributed by atoms with van der Waals surface area (Å²) in [6.07, 6.45) is 2.70. The summed E-state index contributed by atoms with van der Waals surface area (Å²) in [7, 11) is 1.64. The summed E-state index contributed by atoms with van der Waals surface area (Å²) in [4.78, 5) is 3.69. The Hall–Kier alpha value is -1.16. The zero-order valence-electron chi connectivity index (χ0n) is 7.50. The van der Waals surface area contributed by atoms with E-state index >= 15 is 0 Å². The Morgan fingerprint density at radius 2 is 2.50 bits per heavy atom. The van der Waals surface area contributed by atoms with Crippen LogP contribution < -0.4 is 5.32 Å². The third-order valence-corrected chi connectivity index (χ3v) is 1.22. The minimum atomic E-state index is 0.173. The predicted molar refractivity (Wildman–Crippen MR) is 50.9 cm³/mol. The lowest BCUT2D eigenvalue weighted by molar-refractivity contribution is 0.176. The molecule has 0 aliphatic rings. The van der Waals surface area contributed by atoms with Crippen molar-refractivity contribution in [2.45, 2.75) is 13.0 Å². The maximum atomic E-state index is 6.82. The predicted octanol–water partition coefficient (Wildman–Crippen LogP) is 0.802. The van der Waals surface area contributed by atoms with Crippen molar-refractivity contribution in [2.75, 3.05) is 13.7 Å². The maximum Gasteiger partial charge on any atom is 0.126 e. The molecule has 4 heteroatoms. The smallest absolute Gasteiger partial charge is 0.126 e. The first-order valence-electron chi connectivity index (χ1n) is 3.67. The summed E-state index contributed by atoms with van der Waals surface area (Å²) >= 11 is 0. The van der Waals surface area contributed by atoms with Crippen molar-refractivity contribution in [3.8, 4) is 0 Å². The van der Waals surface area contributed by atoms with Gasteiger partial charge in [0.05, 0.1) is 6.61 Å². The topological polar surface area (TPSA) is 57.5 Å². The molecule has 0 fully saturated rings. The average molecular weight is 169 g/mol. The number of ether oxygens (including phenoxy) is 1. The molecule has 0 amide bonds. The molecule has 0 aromatic carbocycles. The zero-order valence-corrected chi connectivity index (χ0v) is 7.50. The van der Waals surface area contributed by atoms with Crippen molar-refractivity contribution in [2.24, 2.45) is 4.99 Å². The van der Waals surface area contributed by atoms with Gasteiger partial charge in [-0.3, -0.25) is 0 Å². The second-order valence-corrected chi connectivity index (χ2v) is 2.38. The Labute approximate surface area is 72.8 Å². The van der Waals surface area contributed by atoms with Crippen molar-refractivity contribution < 1.29 is 4.74 Å². The quantitative estimate of drug-likeness (QED) is 0.578. The molecule has 4 nitrogen and oxygen atoms in total. The van der Waals surface area contributed by atoms with Gasteiger partial charge in [-0.05, 0) is 19.7 Å². The molecule has 1 atom stereocenters. The molecule has 0 rings (SSSR count). The van der Waals surface area contributed by atoms with Crippen molar-refractivity contribution in [1.82, 2.24) is 5.32 Å². The van der Waals surface area contributed by atoms with Crippen LogP contribution in [-0.4, -0.2) is 32.7 Å². The van der Waals surface area contributed by atoms with Gasteiger partial charge < -0.3 is 15.5 Å². The molecule has 0 saturated carbocycles. The highest BCUT2D eigenvalue weighted by Gasteiger charge is 2.00. The fraction of sp³-hybridized carbons (Fsp3) is 0.500. The highest BCUT2D eigenvalue weighted by Crippen LogP contribution is 1.92. The molecule has 0 spiro atoms. The number of rotatable bonds is 6. The summed E-state index contributed by atoms with van der Waals surface area (Å²) in [6.45, 7) is 5.93. The minimum Gasteiger partial charge on any atom is -0.383 e. The normalized spacial score (nSPS) is 13.7. The van der Waals surface area contributed by atoms with Gasteiger partial charge in [0.1, 0.15) is 5.82 Å². The summed E-state index contributed by atoms with van der Waals surface area (Å²) in [5.41, 5.74) is 0. The molecule has 0 saturated heterocycles. The summed E-state index contributed by atoms with van der Waals surface area (Å²) in [6, 6.07) is 0.173. The van der Waals surface area contributed by atoms with Gasteiger partial charge >= 0.3 is 0 Å². The van der Waals surface area contributed by atoms with E-state index in [-0.39, 0.29) is 6.04 Å². The van der Waals surface area contributed by atoms with E-state index in [2.05, 4.69) is 17.0 Å². The highest BCUT2D eigenvalue weighted by atomic mass is 16.5. The Morgan fingerprint density at radius 1 is 1.83 bits per heavy atom. The van der Waals surface area contributed by atoms with Gasteiger partial charge in [0.15, 0.2) is 0 Å². The number of nitrogens with one attached hydrogen (secondary N) is 2. The molecule has 0 unspecified atom stereocenters. The highest BCUT2D eigenvalue weighted by molar-refractivity contribution is 5.68. The van der Waals surface area contributed by atoms with Gasteiger partial charge in [-0.25, -0.2) is 4.99 Å². The Kier molecular flexibility index (Phi) is 5.91. The Bertz CT molecular complexity index is 177. The van der Waals surface area contributed by atoms with Gasteiger partial charge in [0, 0.05) is 19.4 Å². The third-order valence-electron chi connectivity index (χ3n) is 1.22. The van der Waals surface area contributed by atoms with Crippen LogP contribution in [0.25, 0.3) is 0 Å². The van der Waals surface area contributed by atoms with E-state index in [1.807, 2.05) is 6.92 Å². The van der Waals surface area contributed by atoms with Crippen molar-refractivity contribution in [1.29, 1.82) is 5.41 Å². The first-order valence-corrected chi connectivity index (χ1v) is 3.67. The van der Waals surface area contributed by atoms with E-state index in [0.29, 0.717) is 12.4 Å². The second kappa shape index (κ2) is 6.54. The number of hydrogen-bond donors (Lipinski definition) is 2. The first kappa shape index (κ1) is 10.8. The molecule has 2 N–H and O–H groups in total. The molecule has 0 bridgehead atoms. The summed E-state index contributed by atoms with van der Waals surface area (Å²) in [5, 5.41) is 9.85. The maximum absolute atomic E-state index is 6.82. The van der Waals surface area contributed by atoms with Crippen molar-refractivity contribution >= 4 is 12.9 Å². The standard InChI is InChI=1S/C8H15N3O/c1-7(6-12-3)11-8(10-2)4-5-9/h4-5,7,9,11H,2,6H2,1,3H3/b8-4+,9-5?/t7-/m1/s1. The molecular formula is C8H15N3O. The van der Waals surface area contributed by atoms with Gasteiger partial charge in [0.25, 0.3) is 0 Å². The van der Waals surface area contributed by atoms with E-state index in [4.69, 9.17) is 10.1 Å².